The zero-order valence-electron chi connectivity index (χ0n) is 16.2. The fraction of sp³-hybridized carbons (Fsp3) is 0.286. The Kier molecular flexibility index (Phi) is 7.56. The summed E-state index contributed by atoms with van der Waals surface area (Å²) in [7, 11) is 4.97. The first-order valence-corrected chi connectivity index (χ1v) is 8.76. The molecule has 0 spiro atoms. The van der Waals surface area contributed by atoms with Gasteiger partial charge in [0, 0.05) is 26.2 Å². The molecule has 0 bridgehead atoms. The van der Waals surface area contributed by atoms with Crippen LogP contribution in [-0.2, 0) is 25.5 Å². The summed E-state index contributed by atoms with van der Waals surface area (Å²) in [4.78, 5) is 38.2. The summed E-state index contributed by atoms with van der Waals surface area (Å²) in [6.45, 7) is -0.493. The normalized spacial score (nSPS) is 11.2. The Hall–Kier alpha value is -3.35. The standard InChI is InChI=1S/C21H24N2O5/c1-23(2)17-11-7-10-16(13-17)20(25)28-14-19(24)22-18(21(26)27-3)12-15-8-5-4-6-9-15/h4-11,13,18H,12,14H2,1-3H3,(H,22,24)/t18-/m1/s1. The van der Waals surface area contributed by atoms with Crippen molar-refractivity contribution < 1.29 is 23.9 Å². The van der Waals surface area contributed by atoms with Gasteiger partial charge in [0.25, 0.3) is 5.91 Å². The van der Waals surface area contributed by atoms with Gasteiger partial charge in [-0.15, -0.1) is 0 Å². The summed E-state index contributed by atoms with van der Waals surface area (Å²) in [6, 6.07) is 15.2. The molecule has 148 valence electrons. The molecular weight excluding hydrogens is 360 g/mol. The molecular formula is C21H24N2O5. The van der Waals surface area contributed by atoms with Crippen molar-refractivity contribution in [2.24, 2.45) is 0 Å². The molecule has 2 rings (SSSR count). The van der Waals surface area contributed by atoms with Gasteiger partial charge in [0.15, 0.2) is 6.61 Å². The fourth-order valence-electron chi connectivity index (χ4n) is 2.55. The van der Waals surface area contributed by atoms with E-state index in [4.69, 9.17) is 9.47 Å². The lowest BCUT2D eigenvalue weighted by Crippen LogP contribution is -2.44. The summed E-state index contributed by atoms with van der Waals surface area (Å²) >= 11 is 0. The largest absolute Gasteiger partial charge is 0.467 e. The molecule has 2 aromatic rings. The number of carbonyl (C=O) groups is 3. The number of nitrogens with one attached hydrogen (secondary N) is 1. The van der Waals surface area contributed by atoms with E-state index in [1.807, 2.05) is 55.4 Å². The molecule has 1 amide bonds. The number of benzene rings is 2. The molecule has 0 aliphatic carbocycles. The summed E-state index contributed by atoms with van der Waals surface area (Å²) in [5.41, 5.74) is 2.05. The monoisotopic (exact) mass is 384 g/mol. The molecule has 0 aliphatic rings. The zero-order valence-corrected chi connectivity index (χ0v) is 16.2. The number of hydrogen-bond acceptors (Lipinski definition) is 6. The molecule has 0 radical (unpaired) electrons. The molecule has 0 unspecified atom stereocenters. The Labute approximate surface area is 164 Å². The van der Waals surface area contributed by atoms with Crippen molar-refractivity contribution in [1.29, 1.82) is 0 Å². The summed E-state index contributed by atoms with van der Waals surface area (Å²) < 4.78 is 9.82. The summed E-state index contributed by atoms with van der Waals surface area (Å²) in [5.74, 6) is -1.76. The topological polar surface area (TPSA) is 84.9 Å². The number of amides is 1. The van der Waals surface area contributed by atoms with E-state index in [2.05, 4.69) is 5.32 Å². The van der Waals surface area contributed by atoms with Gasteiger partial charge in [-0.3, -0.25) is 4.79 Å². The molecule has 1 atom stereocenters. The number of ether oxygens (including phenoxy) is 2. The second-order valence-electron chi connectivity index (χ2n) is 6.35. The van der Waals surface area contributed by atoms with Gasteiger partial charge in [0.1, 0.15) is 6.04 Å². The molecule has 2 aromatic carbocycles. The van der Waals surface area contributed by atoms with E-state index in [0.717, 1.165) is 11.3 Å². The molecule has 7 heteroatoms. The number of hydrogen-bond donors (Lipinski definition) is 1. The van der Waals surface area contributed by atoms with Crippen molar-refractivity contribution in [3.63, 3.8) is 0 Å². The molecule has 0 saturated carbocycles. The van der Waals surface area contributed by atoms with Crippen LogP contribution in [0.15, 0.2) is 54.6 Å². The highest BCUT2D eigenvalue weighted by molar-refractivity contribution is 5.93. The lowest BCUT2D eigenvalue weighted by molar-refractivity contribution is -0.145. The lowest BCUT2D eigenvalue weighted by Gasteiger charge is -2.17. The van der Waals surface area contributed by atoms with Gasteiger partial charge < -0.3 is 19.7 Å². The minimum Gasteiger partial charge on any atom is -0.467 e. The third-order valence-corrected chi connectivity index (χ3v) is 4.04. The Bertz CT molecular complexity index is 821. The number of rotatable bonds is 8. The van der Waals surface area contributed by atoms with E-state index in [1.54, 1.807) is 18.2 Å². The molecule has 28 heavy (non-hydrogen) atoms. The maximum absolute atomic E-state index is 12.2. The zero-order chi connectivity index (χ0) is 20.5. The molecule has 1 N–H and O–H groups in total. The molecule has 0 fully saturated rings. The fourth-order valence-corrected chi connectivity index (χ4v) is 2.55. The van der Waals surface area contributed by atoms with Crippen molar-refractivity contribution in [3.05, 3.63) is 65.7 Å². The van der Waals surface area contributed by atoms with Gasteiger partial charge in [-0.25, -0.2) is 9.59 Å². The first kappa shape index (κ1) is 21.0. The van der Waals surface area contributed by atoms with Crippen LogP contribution >= 0.6 is 0 Å². The number of anilines is 1. The van der Waals surface area contributed by atoms with Crippen molar-refractivity contribution >= 4 is 23.5 Å². The number of esters is 2. The van der Waals surface area contributed by atoms with Gasteiger partial charge in [-0.05, 0) is 23.8 Å². The van der Waals surface area contributed by atoms with Crippen LogP contribution in [0, 0.1) is 0 Å². The Morgan fingerprint density at radius 1 is 1.04 bits per heavy atom. The highest BCUT2D eigenvalue weighted by atomic mass is 16.5. The maximum atomic E-state index is 12.2. The highest BCUT2D eigenvalue weighted by Crippen LogP contribution is 2.14. The van der Waals surface area contributed by atoms with E-state index < -0.39 is 30.5 Å². The van der Waals surface area contributed by atoms with Crippen LogP contribution in [0.1, 0.15) is 15.9 Å². The van der Waals surface area contributed by atoms with Crippen molar-refractivity contribution in [1.82, 2.24) is 5.32 Å². The van der Waals surface area contributed by atoms with Crippen molar-refractivity contribution in [2.45, 2.75) is 12.5 Å². The number of nitrogens with zero attached hydrogens (tertiary/aromatic N) is 1. The van der Waals surface area contributed by atoms with Crippen molar-refractivity contribution in [3.8, 4) is 0 Å². The van der Waals surface area contributed by atoms with E-state index >= 15 is 0 Å². The Morgan fingerprint density at radius 3 is 2.39 bits per heavy atom. The quantitative estimate of drug-likeness (QED) is 0.699. The molecule has 0 heterocycles. The Balaban J connectivity index is 1.94. The second-order valence-corrected chi connectivity index (χ2v) is 6.35. The van der Waals surface area contributed by atoms with Crippen LogP contribution in [0.4, 0.5) is 5.69 Å². The highest BCUT2D eigenvalue weighted by Gasteiger charge is 2.22. The van der Waals surface area contributed by atoms with Crippen LogP contribution in [0.5, 0.6) is 0 Å². The predicted molar refractivity (Wildman–Crippen MR) is 105 cm³/mol. The van der Waals surface area contributed by atoms with Crippen LogP contribution in [0.3, 0.4) is 0 Å². The molecule has 0 saturated heterocycles. The second kappa shape index (κ2) is 10.1. The number of methoxy groups -OCH3 is 1. The van der Waals surface area contributed by atoms with E-state index in [-0.39, 0.29) is 6.42 Å². The van der Waals surface area contributed by atoms with Gasteiger partial charge in [0.2, 0.25) is 0 Å². The van der Waals surface area contributed by atoms with Crippen molar-refractivity contribution in [2.75, 3.05) is 32.7 Å². The van der Waals surface area contributed by atoms with Gasteiger partial charge in [0.05, 0.1) is 12.7 Å². The third-order valence-electron chi connectivity index (χ3n) is 4.04. The molecule has 0 aliphatic heterocycles. The van der Waals surface area contributed by atoms with E-state index in [1.165, 1.54) is 7.11 Å². The maximum Gasteiger partial charge on any atom is 0.338 e. The minimum absolute atomic E-state index is 0.276. The third kappa shape index (κ3) is 6.12. The lowest BCUT2D eigenvalue weighted by atomic mass is 10.1. The molecule has 0 aromatic heterocycles. The van der Waals surface area contributed by atoms with Gasteiger partial charge in [-0.2, -0.15) is 0 Å². The van der Waals surface area contributed by atoms with Crippen LogP contribution in [0.25, 0.3) is 0 Å². The van der Waals surface area contributed by atoms with Gasteiger partial charge in [-0.1, -0.05) is 36.4 Å². The minimum atomic E-state index is -0.865. The van der Waals surface area contributed by atoms with Crippen LogP contribution < -0.4 is 10.2 Å². The first-order chi connectivity index (χ1) is 13.4. The first-order valence-electron chi connectivity index (χ1n) is 8.76. The SMILES string of the molecule is COC(=O)[C@@H](Cc1ccccc1)NC(=O)COC(=O)c1cccc(N(C)C)c1. The van der Waals surface area contributed by atoms with Crippen LogP contribution in [0.2, 0.25) is 0 Å². The average molecular weight is 384 g/mol. The summed E-state index contributed by atoms with van der Waals surface area (Å²) in [6.07, 6.45) is 0.276. The predicted octanol–water partition coefficient (Wildman–Crippen LogP) is 1.81. The molecule has 7 nitrogen and oxygen atoms in total. The van der Waals surface area contributed by atoms with E-state index in [9.17, 15) is 14.4 Å². The smallest absolute Gasteiger partial charge is 0.338 e. The summed E-state index contributed by atoms with van der Waals surface area (Å²) in [5, 5.41) is 2.55. The Morgan fingerprint density at radius 2 is 1.75 bits per heavy atom. The van der Waals surface area contributed by atoms with Gasteiger partial charge >= 0.3 is 11.9 Å². The van der Waals surface area contributed by atoms with Crippen LogP contribution in [-0.4, -0.2) is 51.7 Å². The van der Waals surface area contributed by atoms with E-state index in [0.29, 0.717) is 5.56 Å². The average Bonchev–Trinajstić information content (AvgIpc) is 2.71. The number of carbonyl (C=O) groups excluding carboxylic acids is 3.